The molecule has 2 N–H and O–H groups in total. The fourth-order valence-corrected chi connectivity index (χ4v) is 2.43. The summed E-state index contributed by atoms with van der Waals surface area (Å²) in [6, 6.07) is 1.85. The highest BCUT2D eigenvalue weighted by molar-refractivity contribution is 9.10. The van der Waals surface area contributed by atoms with Gasteiger partial charge in [-0.3, -0.25) is 4.98 Å². The van der Waals surface area contributed by atoms with Crippen molar-refractivity contribution in [3.05, 3.63) is 39.1 Å². The van der Waals surface area contributed by atoms with Crippen LogP contribution in [0.25, 0.3) is 0 Å². The summed E-state index contributed by atoms with van der Waals surface area (Å²) in [5, 5.41) is 0. The Balaban J connectivity index is 2.10. The van der Waals surface area contributed by atoms with Crippen molar-refractivity contribution in [1.82, 2.24) is 4.98 Å². The summed E-state index contributed by atoms with van der Waals surface area (Å²) in [5.41, 5.74) is 8.83. The second-order valence-corrected chi connectivity index (χ2v) is 4.62. The Morgan fingerprint density at radius 3 is 3.07 bits per heavy atom. The van der Waals surface area contributed by atoms with E-state index in [0.29, 0.717) is 0 Å². The highest BCUT2D eigenvalue weighted by Gasteiger charge is 2.13. The molecule has 0 radical (unpaired) electrons. The molecule has 2 aromatic heterocycles. The molecule has 3 nitrogen and oxygen atoms in total. The predicted octanol–water partition coefficient (Wildman–Crippen LogP) is 2.74. The third-order valence-corrected chi connectivity index (χ3v) is 3.40. The number of hydrogen-bond acceptors (Lipinski definition) is 4. The van der Waals surface area contributed by atoms with Gasteiger partial charge in [0.15, 0.2) is 4.67 Å². The second kappa shape index (κ2) is 4.25. The van der Waals surface area contributed by atoms with E-state index >= 15 is 0 Å². The van der Waals surface area contributed by atoms with Crippen molar-refractivity contribution in [2.24, 2.45) is 5.73 Å². The van der Waals surface area contributed by atoms with Crippen molar-refractivity contribution in [2.45, 2.75) is 12.5 Å². The molecule has 2 heterocycles. The van der Waals surface area contributed by atoms with Crippen molar-refractivity contribution >= 4 is 27.3 Å². The number of nitrogens with two attached hydrogens (primary N) is 1. The van der Waals surface area contributed by atoms with E-state index in [4.69, 9.17) is 10.2 Å². The van der Waals surface area contributed by atoms with Crippen LogP contribution >= 0.6 is 27.3 Å². The van der Waals surface area contributed by atoms with E-state index in [1.807, 2.05) is 17.8 Å². The number of nitrogens with zero attached hydrogens (tertiary/aromatic N) is 1. The highest BCUT2D eigenvalue weighted by atomic mass is 79.9. The number of aromatic nitrogens is 1. The van der Waals surface area contributed by atoms with E-state index in [9.17, 15) is 0 Å². The smallest absolute Gasteiger partial charge is 0.173 e. The van der Waals surface area contributed by atoms with E-state index in [0.717, 1.165) is 16.7 Å². The number of thiazole rings is 1. The quantitative estimate of drug-likeness (QED) is 0.935. The van der Waals surface area contributed by atoms with Gasteiger partial charge in [0.05, 0.1) is 11.8 Å². The van der Waals surface area contributed by atoms with Gasteiger partial charge < -0.3 is 10.2 Å². The lowest BCUT2D eigenvalue weighted by Crippen LogP contribution is -2.12. The standard InChI is InChI=1S/C9H9BrN2OS/c10-9-7(1-2-13-9)8(11)3-6-4-12-5-14-6/h1-2,4-5,8H,3,11H2. The first-order chi connectivity index (χ1) is 6.77. The van der Waals surface area contributed by atoms with E-state index < -0.39 is 0 Å². The molecule has 0 spiro atoms. The molecular weight excluding hydrogens is 264 g/mol. The SMILES string of the molecule is NC(Cc1cncs1)c1ccoc1Br. The number of rotatable bonds is 3. The van der Waals surface area contributed by atoms with Gasteiger partial charge in [0, 0.05) is 29.1 Å². The van der Waals surface area contributed by atoms with Crippen LogP contribution in [0, 0.1) is 0 Å². The van der Waals surface area contributed by atoms with Crippen molar-refractivity contribution in [2.75, 3.05) is 0 Å². The molecule has 1 atom stereocenters. The van der Waals surface area contributed by atoms with E-state index in [1.165, 1.54) is 4.88 Å². The predicted molar refractivity (Wildman–Crippen MR) is 59.2 cm³/mol. The second-order valence-electron chi connectivity index (χ2n) is 2.93. The van der Waals surface area contributed by atoms with Crippen molar-refractivity contribution < 1.29 is 4.42 Å². The van der Waals surface area contributed by atoms with Gasteiger partial charge in [-0.2, -0.15) is 0 Å². The minimum atomic E-state index is -0.0384. The summed E-state index contributed by atoms with van der Waals surface area (Å²) in [6.07, 6.45) is 4.27. The maximum Gasteiger partial charge on any atom is 0.173 e. The Labute approximate surface area is 94.1 Å². The van der Waals surface area contributed by atoms with Gasteiger partial charge in [0.25, 0.3) is 0 Å². The highest BCUT2D eigenvalue weighted by Crippen LogP contribution is 2.26. The molecular formula is C9H9BrN2OS. The Bertz CT molecular complexity index is 399. The Morgan fingerprint density at radius 2 is 2.50 bits per heavy atom. The topological polar surface area (TPSA) is 52.0 Å². The van der Waals surface area contributed by atoms with E-state index in [-0.39, 0.29) is 6.04 Å². The molecule has 14 heavy (non-hydrogen) atoms. The van der Waals surface area contributed by atoms with Crippen LogP contribution in [0.15, 0.2) is 33.1 Å². The van der Waals surface area contributed by atoms with Gasteiger partial charge in [-0.25, -0.2) is 0 Å². The summed E-state index contributed by atoms with van der Waals surface area (Å²) in [6.45, 7) is 0. The molecule has 0 aliphatic rings. The van der Waals surface area contributed by atoms with Crippen LogP contribution in [0.3, 0.4) is 0 Å². The summed E-state index contributed by atoms with van der Waals surface area (Å²) >= 11 is 4.93. The Kier molecular flexibility index (Phi) is 3.00. The van der Waals surface area contributed by atoms with E-state index in [2.05, 4.69) is 20.9 Å². The number of furan rings is 1. The molecule has 5 heteroatoms. The lowest BCUT2D eigenvalue weighted by molar-refractivity contribution is 0.531. The van der Waals surface area contributed by atoms with Crippen LogP contribution in [-0.2, 0) is 6.42 Å². The maximum absolute atomic E-state index is 6.02. The monoisotopic (exact) mass is 272 g/mol. The molecule has 0 aliphatic heterocycles. The van der Waals surface area contributed by atoms with Gasteiger partial charge in [-0.15, -0.1) is 11.3 Å². The average molecular weight is 273 g/mol. The first-order valence-corrected chi connectivity index (χ1v) is 5.80. The third kappa shape index (κ3) is 2.05. The summed E-state index contributed by atoms with van der Waals surface area (Å²) in [7, 11) is 0. The largest absolute Gasteiger partial charge is 0.457 e. The maximum atomic E-state index is 6.02. The van der Waals surface area contributed by atoms with Crippen LogP contribution in [0.2, 0.25) is 0 Å². The van der Waals surface area contributed by atoms with Gasteiger partial charge in [-0.05, 0) is 22.0 Å². The Hall–Kier alpha value is -0.650. The molecule has 0 saturated heterocycles. The lowest BCUT2D eigenvalue weighted by Gasteiger charge is -2.07. The molecule has 0 saturated carbocycles. The van der Waals surface area contributed by atoms with Crippen LogP contribution in [-0.4, -0.2) is 4.98 Å². The molecule has 0 amide bonds. The minimum Gasteiger partial charge on any atom is -0.457 e. The normalized spacial score (nSPS) is 13.0. The van der Waals surface area contributed by atoms with Crippen molar-refractivity contribution in [3.63, 3.8) is 0 Å². The van der Waals surface area contributed by atoms with Crippen LogP contribution in [0.4, 0.5) is 0 Å². The van der Waals surface area contributed by atoms with Gasteiger partial charge >= 0.3 is 0 Å². The fourth-order valence-electron chi connectivity index (χ4n) is 1.24. The van der Waals surface area contributed by atoms with Crippen molar-refractivity contribution in [1.29, 1.82) is 0 Å². The number of hydrogen-bond donors (Lipinski definition) is 1. The molecule has 0 aromatic carbocycles. The molecule has 2 rings (SSSR count). The number of halogens is 1. The zero-order valence-electron chi connectivity index (χ0n) is 7.31. The molecule has 2 aromatic rings. The van der Waals surface area contributed by atoms with E-state index in [1.54, 1.807) is 17.6 Å². The molecule has 0 bridgehead atoms. The van der Waals surface area contributed by atoms with Crippen LogP contribution in [0.5, 0.6) is 0 Å². The van der Waals surface area contributed by atoms with Crippen LogP contribution in [0.1, 0.15) is 16.5 Å². The van der Waals surface area contributed by atoms with Gasteiger partial charge in [-0.1, -0.05) is 0 Å². The van der Waals surface area contributed by atoms with Crippen LogP contribution < -0.4 is 5.73 Å². The molecule has 1 unspecified atom stereocenters. The van der Waals surface area contributed by atoms with Gasteiger partial charge in [0.2, 0.25) is 0 Å². The summed E-state index contributed by atoms with van der Waals surface area (Å²) in [5.74, 6) is 0. The summed E-state index contributed by atoms with van der Waals surface area (Å²) < 4.78 is 5.85. The average Bonchev–Trinajstić information content (AvgIpc) is 2.75. The zero-order chi connectivity index (χ0) is 9.97. The third-order valence-electron chi connectivity index (χ3n) is 1.95. The minimum absolute atomic E-state index is 0.0384. The lowest BCUT2D eigenvalue weighted by atomic mass is 10.1. The van der Waals surface area contributed by atoms with Crippen molar-refractivity contribution in [3.8, 4) is 0 Å². The first kappa shape index (κ1) is 9.89. The first-order valence-electron chi connectivity index (χ1n) is 4.13. The summed E-state index contributed by atoms with van der Waals surface area (Å²) in [4.78, 5) is 5.19. The molecule has 0 fully saturated rings. The van der Waals surface area contributed by atoms with Gasteiger partial charge in [0.1, 0.15) is 0 Å². The fraction of sp³-hybridized carbons (Fsp3) is 0.222. The molecule has 74 valence electrons. The molecule has 0 aliphatic carbocycles. The Morgan fingerprint density at radius 1 is 1.64 bits per heavy atom. The zero-order valence-corrected chi connectivity index (χ0v) is 9.72.